The van der Waals surface area contributed by atoms with Crippen LogP contribution in [0.25, 0.3) is 0 Å². The van der Waals surface area contributed by atoms with Gasteiger partial charge in [0.1, 0.15) is 21.5 Å². The van der Waals surface area contributed by atoms with Crippen LogP contribution in [0.2, 0.25) is 0 Å². The van der Waals surface area contributed by atoms with E-state index in [1.54, 1.807) is 35.6 Å². The van der Waals surface area contributed by atoms with Crippen LogP contribution in [0.1, 0.15) is 21.1 Å². The Hall–Kier alpha value is -2.40. The van der Waals surface area contributed by atoms with Crippen molar-refractivity contribution < 1.29 is 10.2 Å². The summed E-state index contributed by atoms with van der Waals surface area (Å²) in [7, 11) is 0. The molecule has 106 valence electrons. The normalized spacial score (nSPS) is 10.7. The van der Waals surface area contributed by atoms with Gasteiger partial charge in [-0.05, 0) is 35.4 Å². The monoisotopic (exact) mass is 298 g/mol. The molecular weight excluding hydrogens is 284 g/mol. The maximum Gasteiger partial charge on any atom is 0.121 e. The zero-order chi connectivity index (χ0) is 14.7. The second-order valence-corrected chi connectivity index (χ2v) is 5.92. The van der Waals surface area contributed by atoms with Gasteiger partial charge in [0, 0.05) is 12.8 Å². The standard InChI is InChI=1S/C16H14N2O2S/c19-13-5-1-11(2-6-13)9-15-17-18-16(21-15)10-12-3-7-14(20)8-4-12/h1-8,19-20H,9-10H2. The minimum atomic E-state index is 0.268. The van der Waals surface area contributed by atoms with Gasteiger partial charge >= 0.3 is 0 Å². The van der Waals surface area contributed by atoms with Crippen molar-refractivity contribution >= 4 is 11.3 Å². The van der Waals surface area contributed by atoms with Crippen LogP contribution in [0.15, 0.2) is 48.5 Å². The predicted molar refractivity (Wildman–Crippen MR) is 81.7 cm³/mol. The quantitative estimate of drug-likeness (QED) is 0.776. The highest BCUT2D eigenvalue weighted by Crippen LogP contribution is 2.20. The van der Waals surface area contributed by atoms with Crippen molar-refractivity contribution in [2.45, 2.75) is 12.8 Å². The summed E-state index contributed by atoms with van der Waals surface area (Å²) in [5.74, 6) is 0.535. The number of nitrogens with zero attached hydrogens (tertiary/aromatic N) is 2. The molecule has 0 atom stereocenters. The average molecular weight is 298 g/mol. The largest absolute Gasteiger partial charge is 0.508 e. The molecular formula is C16H14N2O2S. The average Bonchev–Trinajstić information content (AvgIpc) is 2.91. The minimum Gasteiger partial charge on any atom is -0.508 e. The first-order valence-corrected chi connectivity index (χ1v) is 7.38. The number of aromatic hydroxyl groups is 2. The molecule has 5 heteroatoms. The van der Waals surface area contributed by atoms with Gasteiger partial charge in [0.05, 0.1) is 0 Å². The van der Waals surface area contributed by atoms with E-state index >= 15 is 0 Å². The zero-order valence-electron chi connectivity index (χ0n) is 11.2. The van der Waals surface area contributed by atoms with E-state index in [1.165, 1.54) is 0 Å². The Morgan fingerprint density at radius 2 is 1.05 bits per heavy atom. The molecule has 0 amide bonds. The molecule has 0 saturated heterocycles. The molecule has 0 aliphatic carbocycles. The van der Waals surface area contributed by atoms with Gasteiger partial charge in [-0.3, -0.25) is 0 Å². The number of benzene rings is 2. The highest BCUT2D eigenvalue weighted by atomic mass is 32.1. The highest BCUT2D eigenvalue weighted by molar-refractivity contribution is 7.11. The van der Waals surface area contributed by atoms with Gasteiger partial charge in [-0.2, -0.15) is 0 Å². The summed E-state index contributed by atoms with van der Waals surface area (Å²) in [5.41, 5.74) is 2.19. The predicted octanol–water partition coefficient (Wildman–Crippen LogP) is 3.13. The molecule has 2 N–H and O–H groups in total. The van der Waals surface area contributed by atoms with Crippen LogP contribution < -0.4 is 0 Å². The second kappa shape index (κ2) is 5.93. The highest BCUT2D eigenvalue weighted by Gasteiger charge is 2.06. The fourth-order valence-corrected chi connectivity index (χ4v) is 2.92. The van der Waals surface area contributed by atoms with Crippen molar-refractivity contribution in [3.8, 4) is 11.5 Å². The molecule has 2 aromatic carbocycles. The van der Waals surface area contributed by atoms with E-state index in [0.29, 0.717) is 12.8 Å². The topological polar surface area (TPSA) is 66.2 Å². The fraction of sp³-hybridized carbons (Fsp3) is 0.125. The van der Waals surface area contributed by atoms with Crippen LogP contribution >= 0.6 is 11.3 Å². The molecule has 1 aromatic heterocycles. The van der Waals surface area contributed by atoms with E-state index in [4.69, 9.17) is 0 Å². The molecule has 3 aromatic rings. The summed E-state index contributed by atoms with van der Waals surface area (Å²) in [6.45, 7) is 0. The van der Waals surface area contributed by atoms with E-state index in [2.05, 4.69) is 10.2 Å². The van der Waals surface area contributed by atoms with Crippen LogP contribution in [0.5, 0.6) is 11.5 Å². The van der Waals surface area contributed by atoms with Crippen molar-refractivity contribution in [3.05, 3.63) is 69.7 Å². The first-order valence-electron chi connectivity index (χ1n) is 6.56. The molecule has 0 unspecified atom stereocenters. The smallest absolute Gasteiger partial charge is 0.121 e. The summed E-state index contributed by atoms with van der Waals surface area (Å²) in [4.78, 5) is 0. The second-order valence-electron chi connectivity index (χ2n) is 4.78. The summed E-state index contributed by atoms with van der Waals surface area (Å²) in [5, 5.41) is 28.8. The number of aromatic nitrogens is 2. The van der Waals surface area contributed by atoms with Crippen molar-refractivity contribution in [2.75, 3.05) is 0 Å². The Bertz CT molecular complexity index is 659. The maximum atomic E-state index is 9.27. The SMILES string of the molecule is Oc1ccc(Cc2nnc(Cc3ccc(O)cc3)s2)cc1. The van der Waals surface area contributed by atoms with Crippen molar-refractivity contribution in [2.24, 2.45) is 0 Å². The molecule has 0 fully saturated rings. The van der Waals surface area contributed by atoms with E-state index < -0.39 is 0 Å². The number of phenols is 2. The van der Waals surface area contributed by atoms with Gasteiger partial charge in [-0.25, -0.2) is 0 Å². The Kier molecular flexibility index (Phi) is 3.83. The lowest BCUT2D eigenvalue weighted by molar-refractivity contribution is 0.474. The summed E-state index contributed by atoms with van der Waals surface area (Å²) >= 11 is 1.58. The molecule has 0 radical (unpaired) electrons. The molecule has 1 heterocycles. The molecule has 0 saturated carbocycles. The third-order valence-electron chi connectivity index (χ3n) is 3.09. The number of rotatable bonds is 4. The molecule has 4 nitrogen and oxygen atoms in total. The molecule has 0 aliphatic rings. The van der Waals surface area contributed by atoms with Crippen LogP contribution in [0.4, 0.5) is 0 Å². The lowest BCUT2D eigenvalue weighted by atomic mass is 10.1. The van der Waals surface area contributed by atoms with Gasteiger partial charge in [-0.15, -0.1) is 21.5 Å². The van der Waals surface area contributed by atoms with Gasteiger partial charge in [0.2, 0.25) is 0 Å². The molecule has 3 rings (SSSR count). The Morgan fingerprint density at radius 3 is 1.43 bits per heavy atom. The molecule has 21 heavy (non-hydrogen) atoms. The van der Waals surface area contributed by atoms with Crippen LogP contribution in [0, 0.1) is 0 Å². The summed E-state index contributed by atoms with van der Waals surface area (Å²) in [6.07, 6.45) is 1.43. The van der Waals surface area contributed by atoms with Gasteiger partial charge in [0.25, 0.3) is 0 Å². The molecule has 0 bridgehead atoms. The summed E-state index contributed by atoms with van der Waals surface area (Å²) in [6, 6.07) is 14.2. The number of hydrogen-bond donors (Lipinski definition) is 2. The number of phenolic OH excluding ortho intramolecular Hbond substituents is 2. The van der Waals surface area contributed by atoms with Crippen molar-refractivity contribution in [1.82, 2.24) is 10.2 Å². The lowest BCUT2D eigenvalue weighted by Crippen LogP contribution is -1.87. The minimum absolute atomic E-state index is 0.268. The first kappa shape index (κ1) is 13.6. The maximum absolute atomic E-state index is 9.27. The third-order valence-corrected chi connectivity index (χ3v) is 4.02. The third kappa shape index (κ3) is 3.58. The fourth-order valence-electron chi connectivity index (χ4n) is 2.01. The van der Waals surface area contributed by atoms with Gasteiger partial charge < -0.3 is 10.2 Å². The zero-order valence-corrected chi connectivity index (χ0v) is 12.0. The Balaban J connectivity index is 1.68. The van der Waals surface area contributed by atoms with E-state index in [-0.39, 0.29) is 11.5 Å². The Morgan fingerprint density at radius 1 is 0.667 bits per heavy atom. The molecule has 0 spiro atoms. The number of hydrogen-bond acceptors (Lipinski definition) is 5. The summed E-state index contributed by atoms with van der Waals surface area (Å²) < 4.78 is 0. The van der Waals surface area contributed by atoms with E-state index in [1.807, 2.05) is 24.3 Å². The van der Waals surface area contributed by atoms with E-state index in [9.17, 15) is 10.2 Å². The lowest BCUT2D eigenvalue weighted by Gasteiger charge is -1.98. The van der Waals surface area contributed by atoms with Crippen LogP contribution in [0.3, 0.4) is 0 Å². The Labute approximate surface area is 126 Å². The molecule has 0 aliphatic heterocycles. The van der Waals surface area contributed by atoms with Crippen LogP contribution in [-0.4, -0.2) is 20.4 Å². The van der Waals surface area contributed by atoms with Crippen molar-refractivity contribution in [3.63, 3.8) is 0 Å². The van der Waals surface area contributed by atoms with E-state index in [0.717, 1.165) is 21.1 Å². The van der Waals surface area contributed by atoms with Gasteiger partial charge in [0.15, 0.2) is 0 Å². The van der Waals surface area contributed by atoms with Crippen molar-refractivity contribution in [1.29, 1.82) is 0 Å². The van der Waals surface area contributed by atoms with Crippen LogP contribution in [-0.2, 0) is 12.8 Å². The van der Waals surface area contributed by atoms with Gasteiger partial charge in [-0.1, -0.05) is 24.3 Å². The first-order chi connectivity index (χ1) is 10.2.